The van der Waals surface area contributed by atoms with Gasteiger partial charge >= 0.3 is 0 Å². The average Bonchev–Trinajstić information content (AvgIpc) is 3.05. The number of nitrogens with zero attached hydrogens (tertiary/aromatic N) is 3. The molecule has 0 aliphatic heterocycles. The van der Waals surface area contributed by atoms with Crippen molar-refractivity contribution in [3.8, 4) is 0 Å². The van der Waals surface area contributed by atoms with Gasteiger partial charge in [-0.15, -0.1) is 11.3 Å². The van der Waals surface area contributed by atoms with E-state index in [4.69, 9.17) is 0 Å². The lowest BCUT2D eigenvalue weighted by atomic mass is 10.2. The summed E-state index contributed by atoms with van der Waals surface area (Å²) in [6.07, 6.45) is 6.41. The number of nitrogens with one attached hydrogen (secondary N) is 2. The van der Waals surface area contributed by atoms with Crippen LogP contribution in [-0.2, 0) is 6.54 Å². The van der Waals surface area contributed by atoms with Crippen LogP contribution in [0, 0.1) is 0 Å². The summed E-state index contributed by atoms with van der Waals surface area (Å²) in [5, 5.41) is 6.28. The van der Waals surface area contributed by atoms with Crippen LogP contribution in [0.3, 0.4) is 0 Å². The van der Waals surface area contributed by atoms with Crippen LogP contribution >= 0.6 is 11.3 Å². The van der Waals surface area contributed by atoms with E-state index in [1.165, 1.54) is 17.7 Å². The van der Waals surface area contributed by atoms with Crippen LogP contribution in [0.25, 0.3) is 11.0 Å². The molecule has 1 amide bonds. The minimum absolute atomic E-state index is 0.161. The Morgan fingerprint density at radius 3 is 3.22 bits per heavy atom. The Balaban J connectivity index is 1.80. The topological polar surface area (TPSA) is 83.6 Å². The predicted molar refractivity (Wildman–Crippen MR) is 67.2 cm³/mol. The van der Waals surface area contributed by atoms with E-state index in [0.717, 1.165) is 5.01 Å². The zero-order chi connectivity index (χ0) is 12.4. The standard InChI is InChI=1S/C11H9N5OS/c17-11(15-5-9-13-1-2-18-9)8-4-14-10-7(8)3-12-6-16-10/h1-4,6H,5H2,(H,15,17)(H,12,14,16). The second-order valence-electron chi connectivity index (χ2n) is 3.60. The van der Waals surface area contributed by atoms with Crippen LogP contribution in [0.4, 0.5) is 0 Å². The van der Waals surface area contributed by atoms with E-state index in [1.54, 1.807) is 18.6 Å². The highest BCUT2D eigenvalue weighted by molar-refractivity contribution is 7.09. The number of H-pyrrole nitrogens is 1. The lowest BCUT2D eigenvalue weighted by molar-refractivity contribution is 0.0952. The minimum Gasteiger partial charge on any atom is -0.345 e. The number of carbonyl (C=O) groups excluding carboxylic acids is 1. The highest BCUT2D eigenvalue weighted by Gasteiger charge is 2.12. The normalized spacial score (nSPS) is 10.7. The van der Waals surface area contributed by atoms with Crippen molar-refractivity contribution in [3.63, 3.8) is 0 Å². The number of rotatable bonds is 3. The molecule has 3 aromatic heterocycles. The fourth-order valence-corrected chi connectivity index (χ4v) is 2.20. The number of aromatic nitrogens is 4. The van der Waals surface area contributed by atoms with Crippen molar-refractivity contribution in [2.45, 2.75) is 6.54 Å². The fourth-order valence-electron chi connectivity index (χ4n) is 1.64. The Labute approximate surface area is 106 Å². The monoisotopic (exact) mass is 259 g/mol. The molecule has 18 heavy (non-hydrogen) atoms. The Hall–Kier alpha value is -2.28. The lowest BCUT2D eigenvalue weighted by Crippen LogP contribution is -2.22. The van der Waals surface area contributed by atoms with Gasteiger partial charge < -0.3 is 10.3 Å². The molecule has 0 saturated carbocycles. The first kappa shape index (κ1) is 10.8. The molecule has 0 atom stereocenters. The number of fused-ring (bicyclic) bond motifs is 1. The maximum Gasteiger partial charge on any atom is 0.253 e. The first-order valence-electron chi connectivity index (χ1n) is 5.28. The van der Waals surface area contributed by atoms with Gasteiger partial charge in [-0.2, -0.15) is 0 Å². The van der Waals surface area contributed by atoms with Crippen molar-refractivity contribution in [1.82, 2.24) is 25.3 Å². The summed E-state index contributed by atoms with van der Waals surface area (Å²) in [7, 11) is 0. The summed E-state index contributed by atoms with van der Waals surface area (Å²) in [4.78, 5) is 27.0. The molecule has 0 aromatic carbocycles. The molecule has 0 spiro atoms. The molecule has 0 aliphatic rings. The number of hydrogen-bond acceptors (Lipinski definition) is 5. The fraction of sp³-hybridized carbons (Fsp3) is 0.0909. The largest absolute Gasteiger partial charge is 0.345 e. The molecule has 0 saturated heterocycles. The summed E-state index contributed by atoms with van der Waals surface area (Å²) in [5.41, 5.74) is 1.20. The van der Waals surface area contributed by atoms with Crippen molar-refractivity contribution >= 4 is 28.3 Å². The van der Waals surface area contributed by atoms with Crippen LogP contribution in [0.5, 0.6) is 0 Å². The Kier molecular flexibility index (Phi) is 2.73. The first-order valence-corrected chi connectivity index (χ1v) is 6.16. The maximum atomic E-state index is 12.0. The molecule has 6 nitrogen and oxygen atoms in total. The molecular formula is C11H9N5OS. The highest BCUT2D eigenvalue weighted by atomic mass is 32.1. The summed E-state index contributed by atoms with van der Waals surface area (Å²) in [5.74, 6) is -0.161. The molecule has 3 aromatic rings. The van der Waals surface area contributed by atoms with Crippen molar-refractivity contribution in [2.24, 2.45) is 0 Å². The molecule has 0 radical (unpaired) electrons. The summed E-state index contributed by atoms with van der Waals surface area (Å²) in [6.45, 7) is 0.427. The summed E-state index contributed by atoms with van der Waals surface area (Å²) < 4.78 is 0. The Morgan fingerprint density at radius 1 is 1.44 bits per heavy atom. The quantitative estimate of drug-likeness (QED) is 0.743. The number of hydrogen-bond donors (Lipinski definition) is 2. The van der Waals surface area contributed by atoms with Crippen LogP contribution in [0.15, 0.2) is 30.3 Å². The van der Waals surface area contributed by atoms with Gasteiger partial charge in [-0.1, -0.05) is 0 Å². The third-order valence-electron chi connectivity index (χ3n) is 2.48. The molecule has 90 valence electrons. The molecule has 0 bridgehead atoms. The van der Waals surface area contributed by atoms with Gasteiger partial charge in [0.15, 0.2) is 0 Å². The zero-order valence-corrected chi connectivity index (χ0v) is 10.1. The molecule has 0 aliphatic carbocycles. The van der Waals surface area contributed by atoms with Gasteiger partial charge in [-0.3, -0.25) is 4.79 Å². The van der Waals surface area contributed by atoms with Crippen LogP contribution in [-0.4, -0.2) is 25.8 Å². The van der Waals surface area contributed by atoms with Gasteiger partial charge in [-0.25, -0.2) is 15.0 Å². The number of carbonyl (C=O) groups is 1. The van der Waals surface area contributed by atoms with Gasteiger partial charge in [0, 0.05) is 29.4 Å². The van der Waals surface area contributed by atoms with E-state index in [2.05, 4.69) is 25.3 Å². The highest BCUT2D eigenvalue weighted by Crippen LogP contribution is 2.14. The van der Waals surface area contributed by atoms with Crippen molar-refractivity contribution in [2.75, 3.05) is 0 Å². The van der Waals surface area contributed by atoms with Crippen molar-refractivity contribution in [1.29, 1.82) is 0 Å². The second-order valence-corrected chi connectivity index (χ2v) is 4.58. The van der Waals surface area contributed by atoms with Gasteiger partial charge in [0.1, 0.15) is 17.0 Å². The van der Waals surface area contributed by atoms with Crippen molar-refractivity contribution in [3.05, 3.63) is 40.9 Å². The molecule has 2 N–H and O–H groups in total. The lowest BCUT2D eigenvalue weighted by Gasteiger charge is -2.01. The minimum atomic E-state index is -0.161. The molecule has 3 heterocycles. The van der Waals surface area contributed by atoms with Crippen LogP contribution in [0.2, 0.25) is 0 Å². The SMILES string of the molecule is O=C(NCc1nccs1)c1c[nH]c2ncncc12. The Morgan fingerprint density at radius 2 is 2.39 bits per heavy atom. The molecule has 3 rings (SSSR count). The zero-order valence-electron chi connectivity index (χ0n) is 9.25. The van der Waals surface area contributed by atoms with Gasteiger partial charge in [0.25, 0.3) is 5.91 Å². The number of thiazole rings is 1. The van der Waals surface area contributed by atoms with Crippen LogP contribution in [0.1, 0.15) is 15.4 Å². The molecular weight excluding hydrogens is 250 g/mol. The van der Waals surface area contributed by atoms with Gasteiger partial charge in [0.05, 0.1) is 12.1 Å². The summed E-state index contributed by atoms with van der Waals surface area (Å²) >= 11 is 1.51. The second kappa shape index (κ2) is 4.53. The van der Waals surface area contributed by atoms with E-state index in [1.807, 2.05) is 5.38 Å². The van der Waals surface area contributed by atoms with Crippen LogP contribution < -0.4 is 5.32 Å². The van der Waals surface area contributed by atoms with E-state index in [0.29, 0.717) is 23.1 Å². The Bertz CT molecular complexity index is 676. The van der Waals surface area contributed by atoms with E-state index < -0.39 is 0 Å². The molecule has 0 fully saturated rings. The van der Waals surface area contributed by atoms with Gasteiger partial charge in [0.2, 0.25) is 0 Å². The predicted octanol–water partition coefficient (Wildman–Crippen LogP) is 1.34. The van der Waals surface area contributed by atoms with Crippen molar-refractivity contribution < 1.29 is 4.79 Å². The third kappa shape index (κ3) is 1.95. The molecule has 0 unspecified atom stereocenters. The van der Waals surface area contributed by atoms with E-state index in [-0.39, 0.29) is 5.91 Å². The number of aromatic amines is 1. The van der Waals surface area contributed by atoms with E-state index in [9.17, 15) is 4.79 Å². The first-order chi connectivity index (χ1) is 8.84. The maximum absolute atomic E-state index is 12.0. The summed E-state index contributed by atoms with van der Waals surface area (Å²) in [6, 6.07) is 0. The third-order valence-corrected chi connectivity index (χ3v) is 3.26. The van der Waals surface area contributed by atoms with Gasteiger partial charge in [-0.05, 0) is 0 Å². The average molecular weight is 259 g/mol. The number of amides is 1. The smallest absolute Gasteiger partial charge is 0.253 e. The van der Waals surface area contributed by atoms with E-state index >= 15 is 0 Å². The molecule has 7 heteroatoms.